The molecule has 0 spiro atoms. The van der Waals surface area contributed by atoms with Crippen LogP contribution in [0.4, 0.5) is 0 Å². The van der Waals surface area contributed by atoms with Gasteiger partial charge in [0.25, 0.3) is 0 Å². The summed E-state index contributed by atoms with van der Waals surface area (Å²) in [5, 5.41) is 4.26. The smallest absolute Gasteiger partial charge is 0.215 e. The Morgan fingerprint density at radius 3 is 1.00 bits per heavy atom. The molecule has 104 valence electrons. The molecule has 0 aromatic rings. The normalized spacial score (nSPS) is 42.3. The summed E-state index contributed by atoms with van der Waals surface area (Å²) in [6.45, 7) is 1.82. The molecule has 4 aliphatic heterocycles. The van der Waals surface area contributed by atoms with Crippen molar-refractivity contribution < 1.29 is 0 Å². The summed E-state index contributed by atoms with van der Waals surface area (Å²) in [5.74, 6) is 4.15. The van der Waals surface area contributed by atoms with E-state index in [1.807, 2.05) is 0 Å². The van der Waals surface area contributed by atoms with Gasteiger partial charge in [-0.1, -0.05) is 77.0 Å². The number of hydrogen-bond acceptors (Lipinski definition) is 1. The molecule has 0 saturated carbocycles. The Labute approximate surface area is 119 Å². The van der Waals surface area contributed by atoms with E-state index in [4.69, 9.17) is 0 Å². The van der Waals surface area contributed by atoms with Crippen molar-refractivity contribution in [1.29, 1.82) is 0 Å². The van der Waals surface area contributed by atoms with E-state index in [2.05, 4.69) is 5.14 Å². The first-order valence-electron chi connectivity index (χ1n) is 9.18. The summed E-state index contributed by atoms with van der Waals surface area (Å²) in [4.78, 5) is 0. The lowest BCUT2D eigenvalue weighted by Crippen LogP contribution is -2.57. The van der Waals surface area contributed by atoms with Crippen LogP contribution in [0.3, 0.4) is 0 Å². The van der Waals surface area contributed by atoms with E-state index in [0.717, 1.165) is 37.0 Å². The topological polar surface area (TPSA) is 12.0 Å². The van der Waals surface area contributed by atoms with Crippen molar-refractivity contribution in [3.05, 3.63) is 0 Å². The first kappa shape index (κ1) is 12.8. The van der Waals surface area contributed by atoms with Crippen LogP contribution >= 0.6 is 0 Å². The average molecular weight is 257 g/mol. The fourth-order valence-electron chi connectivity index (χ4n) is 6.12. The third-order valence-corrected chi connectivity index (χ3v) is 7.02. The van der Waals surface area contributed by atoms with Gasteiger partial charge in [-0.2, -0.15) is 0 Å². The van der Waals surface area contributed by atoms with Gasteiger partial charge >= 0.3 is 0 Å². The lowest BCUT2D eigenvalue weighted by Gasteiger charge is -2.47. The molecular formula is C16H29B2N. The molecule has 0 unspecified atom stereocenters. The second-order valence-corrected chi connectivity index (χ2v) is 7.98. The Kier molecular flexibility index (Phi) is 3.68. The second kappa shape index (κ2) is 5.47. The zero-order valence-electron chi connectivity index (χ0n) is 12.4. The minimum atomic E-state index is 0.911. The van der Waals surface area contributed by atoms with Gasteiger partial charge in [0.05, 0.1) is 0 Å². The van der Waals surface area contributed by atoms with Crippen molar-refractivity contribution in [2.24, 2.45) is 0 Å². The lowest BCUT2D eigenvalue weighted by molar-refractivity contribution is 0.425. The third-order valence-electron chi connectivity index (χ3n) is 7.02. The monoisotopic (exact) mass is 257 g/mol. The van der Waals surface area contributed by atoms with Gasteiger partial charge in [-0.05, 0) is 23.3 Å². The van der Waals surface area contributed by atoms with Crippen LogP contribution in [-0.4, -0.2) is 13.7 Å². The first-order chi connectivity index (χ1) is 9.42. The minimum absolute atomic E-state index is 0.911. The fraction of sp³-hybridized carbons (Fsp3) is 1.00. The van der Waals surface area contributed by atoms with Crippen LogP contribution in [0.15, 0.2) is 0 Å². The molecule has 19 heavy (non-hydrogen) atoms. The average Bonchev–Trinajstić information content (AvgIpc) is 2.38. The molecule has 0 radical (unpaired) electrons. The molecule has 0 aromatic heterocycles. The summed E-state index contributed by atoms with van der Waals surface area (Å²) in [6.07, 6.45) is 18.3. The highest BCUT2D eigenvalue weighted by Gasteiger charge is 2.46. The number of rotatable bonds is 2. The Morgan fingerprint density at radius 2 is 0.737 bits per heavy atom. The third kappa shape index (κ3) is 2.41. The Hall–Kier alpha value is 0.0899. The number of fused-ring (bicyclic) bond motifs is 4. The quantitative estimate of drug-likeness (QED) is 0.702. The molecule has 4 heterocycles. The van der Waals surface area contributed by atoms with Crippen molar-refractivity contribution >= 4 is 13.7 Å². The molecule has 4 saturated heterocycles. The zero-order valence-corrected chi connectivity index (χ0v) is 12.4. The first-order valence-corrected chi connectivity index (χ1v) is 9.18. The maximum Gasteiger partial charge on any atom is 0.215 e. The summed E-state index contributed by atoms with van der Waals surface area (Å²) in [7, 11) is 0. The van der Waals surface area contributed by atoms with Crippen LogP contribution in [0.1, 0.15) is 77.0 Å². The molecule has 4 bridgehead atoms. The van der Waals surface area contributed by atoms with Gasteiger partial charge in [0.2, 0.25) is 13.7 Å². The number of hydrogen-bond donors (Lipinski definition) is 1. The standard InChI is InChI=1S/C16H29B2N/c1-5-13-7-2-8-14(6-1)17(13)19-18-15-9-3-10-16(18)12-4-11-15/h13-16,19H,1-12H2. The Morgan fingerprint density at radius 1 is 0.474 bits per heavy atom. The molecule has 0 atom stereocenters. The molecule has 4 aliphatic rings. The Balaban J connectivity index is 1.47. The van der Waals surface area contributed by atoms with Gasteiger partial charge < -0.3 is 5.14 Å². The summed E-state index contributed by atoms with van der Waals surface area (Å²) in [6, 6.07) is 0. The van der Waals surface area contributed by atoms with E-state index >= 15 is 0 Å². The van der Waals surface area contributed by atoms with Gasteiger partial charge in [0.1, 0.15) is 0 Å². The van der Waals surface area contributed by atoms with Crippen molar-refractivity contribution in [1.82, 2.24) is 5.14 Å². The predicted octanol–water partition coefficient (Wildman–Crippen LogP) is 4.78. The molecule has 3 heteroatoms. The lowest BCUT2D eigenvalue weighted by atomic mass is 9.26. The molecule has 1 nitrogen and oxygen atoms in total. The zero-order chi connectivity index (χ0) is 12.7. The molecule has 4 fully saturated rings. The predicted molar refractivity (Wildman–Crippen MR) is 85.0 cm³/mol. The van der Waals surface area contributed by atoms with E-state index in [1.54, 1.807) is 0 Å². The van der Waals surface area contributed by atoms with Crippen LogP contribution in [0, 0.1) is 0 Å². The van der Waals surface area contributed by atoms with E-state index in [1.165, 1.54) is 77.0 Å². The van der Waals surface area contributed by atoms with Crippen LogP contribution < -0.4 is 5.14 Å². The maximum atomic E-state index is 4.26. The number of nitrogens with one attached hydrogen (secondary N) is 1. The fourth-order valence-corrected chi connectivity index (χ4v) is 6.12. The molecule has 0 aliphatic carbocycles. The molecule has 0 amide bonds. The van der Waals surface area contributed by atoms with Gasteiger partial charge in [-0.3, -0.25) is 0 Å². The van der Waals surface area contributed by atoms with E-state index in [-0.39, 0.29) is 0 Å². The summed E-state index contributed by atoms with van der Waals surface area (Å²) in [5.41, 5.74) is 0. The minimum Gasteiger partial charge on any atom is -0.397 e. The summed E-state index contributed by atoms with van der Waals surface area (Å²) >= 11 is 0. The van der Waals surface area contributed by atoms with Gasteiger partial charge in [0, 0.05) is 0 Å². The highest BCUT2D eigenvalue weighted by molar-refractivity contribution is 6.76. The molecule has 0 aromatic carbocycles. The van der Waals surface area contributed by atoms with Crippen molar-refractivity contribution in [2.45, 2.75) is 100 Å². The van der Waals surface area contributed by atoms with Crippen molar-refractivity contribution in [2.75, 3.05) is 0 Å². The van der Waals surface area contributed by atoms with Gasteiger partial charge in [-0.25, -0.2) is 0 Å². The van der Waals surface area contributed by atoms with Gasteiger partial charge in [-0.15, -0.1) is 0 Å². The summed E-state index contributed by atoms with van der Waals surface area (Å²) < 4.78 is 0. The van der Waals surface area contributed by atoms with Crippen molar-refractivity contribution in [3.63, 3.8) is 0 Å². The Bertz CT molecular complexity index is 248. The van der Waals surface area contributed by atoms with Crippen molar-refractivity contribution in [3.8, 4) is 0 Å². The van der Waals surface area contributed by atoms with E-state index in [0.29, 0.717) is 0 Å². The van der Waals surface area contributed by atoms with E-state index in [9.17, 15) is 0 Å². The SMILES string of the molecule is C1CC2CCCC(C1)B2NB1C2CCCC1CCC2. The molecule has 1 N–H and O–H groups in total. The van der Waals surface area contributed by atoms with Crippen LogP contribution in [0.25, 0.3) is 0 Å². The largest absolute Gasteiger partial charge is 0.397 e. The highest BCUT2D eigenvalue weighted by atomic mass is 14.7. The highest BCUT2D eigenvalue weighted by Crippen LogP contribution is 2.49. The van der Waals surface area contributed by atoms with Crippen LogP contribution in [-0.2, 0) is 0 Å². The van der Waals surface area contributed by atoms with E-state index < -0.39 is 0 Å². The molecular weight excluding hydrogens is 228 g/mol. The molecule has 4 rings (SSSR count). The maximum absolute atomic E-state index is 4.26. The van der Waals surface area contributed by atoms with Crippen LogP contribution in [0.2, 0.25) is 23.3 Å². The van der Waals surface area contributed by atoms with Crippen LogP contribution in [0.5, 0.6) is 0 Å². The second-order valence-electron chi connectivity index (χ2n) is 7.98. The van der Waals surface area contributed by atoms with Gasteiger partial charge in [0.15, 0.2) is 0 Å².